The molecule has 2 aromatic carbocycles. The molecular weight excluding hydrogens is 310 g/mol. The number of aliphatic hydroxyl groups excluding tert-OH is 1. The van der Waals surface area contributed by atoms with Crippen LogP contribution in [0.25, 0.3) is 11.3 Å². The van der Waals surface area contributed by atoms with Crippen molar-refractivity contribution in [1.82, 2.24) is 4.98 Å². The van der Waals surface area contributed by atoms with Gasteiger partial charge in [-0.05, 0) is 29.8 Å². The summed E-state index contributed by atoms with van der Waals surface area (Å²) in [6, 6.07) is 15.0. The number of para-hydroxylation sites is 1. The van der Waals surface area contributed by atoms with Crippen LogP contribution in [0.15, 0.2) is 53.9 Å². The summed E-state index contributed by atoms with van der Waals surface area (Å²) in [5.41, 5.74) is 2.50. The fourth-order valence-electron chi connectivity index (χ4n) is 2.32. The van der Waals surface area contributed by atoms with Crippen LogP contribution in [0, 0.1) is 0 Å². The molecule has 0 radical (unpaired) electrons. The van der Waals surface area contributed by atoms with Crippen molar-refractivity contribution < 1.29 is 14.6 Å². The maximum atomic E-state index is 10.5. The first-order chi connectivity index (χ1) is 11.2. The van der Waals surface area contributed by atoms with E-state index in [1.807, 2.05) is 53.9 Å². The van der Waals surface area contributed by atoms with Crippen LogP contribution in [0.4, 0.5) is 0 Å². The maximum absolute atomic E-state index is 10.5. The van der Waals surface area contributed by atoms with Gasteiger partial charge in [0.2, 0.25) is 0 Å². The van der Waals surface area contributed by atoms with E-state index in [1.165, 1.54) is 11.3 Å². The molecule has 3 rings (SSSR count). The molecule has 0 amide bonds. The van der Waals surface area contributed by atoms with Crippen LogP contribution < -0.4 is 9.47 Å². The molecule has 0 fully saturated rings. The molecule has 1 N–H and O–H groups in total. The van der Waals surface area contributed by atoms with Gasteiger partial charge in [0.05, 0.1) is 19.9 Å². The van der Waals surface area contributed by atoms with Gasteiger partial charge in [-0.25, -0.2) is 4.98 Å². The van der Waals surface area contributed by atoms with E-state index in [2.05, 4.69) is 4.98 Å². The number of thiazole rings is 1. The lowest BCUT2D eigenvalue weighted by atomic mass is 10.1. The molecule has 0 aliphatic rings. The topological polar surface area (TPSA) is 51.6 Å². The highest BCUT2D eigenvalue weighted by Crippen LogP contribution is 2.33. The van der Waals surface area contributed by atoms with Gasteiger partial charge >= 0.3 is 0 Å². The lowest BCUT2D eigenvalue weighted by Crippen LogP contribution is -1.99. The van der Waals surface area contributed by atoms with Crippen molar-refractivity contribution in [3.63, 3.8) is 0 Å². The summed E-state index contributed by atoms with van der Waals surface area (Å²) in [7, 11) is 3.25. The van der Waals surface area contributed by atoms with Crippen LogP contribution in [0.1, 0.15) is 16.7 Å². The zero-order chi connectivity index (χ0) is 16.2. The van der Waals surface area contributed by atoms with Crippen molar-refractivity contribution in [2.24, 2.45) is 0 Å². The van der Waals surface area contributed by atoms with E-state index in [9.17, 15) is 5.11 Å². The van der Waals surface area contributed by atoms with E-state index in [1.54, 1.807) is 14.2 Å². The molecule has 1 heterocycles. The molecule has 3 aromatic rings. The van der Waals surface area contributed by atoms with E-state index < -0.39 is 6.10 Å². The minimum absolute atomic E-state index is 0.649. The third kappa shape index (κ3) is 3.21. The first-order valence-electron chi connectivity index (χ1n) is 7.13. The minimum Gasteiger partial charge on any atom is -0.497 e. The fourth-order valence-corrected chi connectivity index (χ4v) is 3.15. The van der Waals surface area contributed by atoms with E-state index >= 15 is 0 Å². The molecule has 0 aliphatic heterocycles. The van der Waals surface area contributed by atoms with Crippen LogP contribution in [-0.4, -0.2) is 24.3 Å². The Morgan fingerprint density at radius 2 is 1.74 bits per heavy atom. The van der Waals surface area contributed by atoms with Crippen LogP contribution in [0.2, 0.25) is 0 Å². The molecular formula is C18H17NO3S. The molecule has 0 saturated heterocycles. The number of nitrogens with zero attached hydrogens (tertiary/aromatic N) is 1. The molecule has 0 bridgehead atoms. The average Bonchev–Trinajstić information content (AvgIpc) is 3.11. The number of ether oxygens (including phenoxy) is 2. The SMILES string of the molecule is COc1ccc(C(O)c2nc(-c3ccccc3OC)cs2)cc1. The van der Waals surface area contributed by atoms with Gasteiger partial charge in [0.25, 0.3) is 0 Å². The van der Waals surface area contributed by atoms with Crippen molar-refractivity contribution in [2.45, 2.75) is 6.10 Å². The number of benzene rings is 2. The second-order valence-electron chi connectivity index (χ2n) is 4.95. The maximum Gasteiger partial charge on any atom is 0.131 e. The molecule has 0 saturated carbocycles. The number of hydrogen-bond acceptors (Lipinski definition) is 5. The zero-order valence-corrected chi connectivity index (χ0v) is 13.7. The van der Waals surface area contributed by atoms with Crippen molar-refractivity contribution >= 4 is 11.3 Å². The Hall–Kier alpha value is -2.37. The van der Waals surface area contributed by atoms with Crippen molar-refractivity contribution in [3.05, 3.63) is 64.5 Å². The van der Waals surface area contributed by atoms with Crippen molar-refractivity contribution in [1.29, 1.82) is 0 Å². The van der Waals surface area contributed by atoms with Gasteiger partial charge in [-0.1, -0.05) is 24.3 Å². The average molecular weight is 327 g/mol. The third-order valence-electron chi connectivity index (χ3n) is 3.57. The van der Waals surface area contributed by atoms with Crippen LogP contribution >= 0.6 is 11.3 Å². The number of aromatic nitrogens is 1. The second kappa shape index (κ2) is 6.81. The smallest absolute Gasteiger partial charge is 0.131 e. The summed E-state index contributed by atoms with van der Waals surface area (Å²) in [5.74, 6) is 1.53. The summed E-state index contributed by atoms with van der Waals surface area (Å²) in [6.07, 6.45) is -0.755. The summed E-state index contributed by atoms with van der Waals surface area (Å²) in [4.78, 5) is 4.57. The van der Waals surface area contributed by atoms with Crippen LogP contribution in [0.3, 0.4) is 0 Å². The molecule has 23 heavy (non-hydrogen) atoms. The Labute approximate surface area is 139 Å². The van der Waals surface area contributed by atoms with Gasteiger partial charge in [-0.15, -0.1) is 11.3 Å². The summed E-state index contributed by atoms with van der Waals surface area (Å²) < 4.78 is 10.5. The minimum atomic E-state index is -0.755. The van der Waals surface area contributed by atoms with Crippen molar-refractivity contribution in [2.75, 3.05) is 14.2 Å². The second-order valence-corrected chi connectivity index (χ2v) is 5.84. The first kappa shape index (κ1) is 15.5. The van der Waals surface area contributed by atoms with Crippen LogP contribution in [0.5, 0.6) is 11.5 Å². The largest absolute Gasteiger partial charge is 0.497 e. The molecule has 1 unspecified atom stereocenters. The Kier molecular flexibility index (Phi) is 4.60. The predicted octanol–water partition coefficient (Wildman–Crippen LogP) is 3.91. The normalized spacial score (nSPS) is 12.0. The van der Waals surface area contributed by atoms with Gasteiger partial charge in [-0.3, -0.25) is 0 Å². The molecule has 1 aromatic heterocycles. The summed E-state index contributed by atoms with van der Waals surface area (Å²) in [5, 5.41) is 13.1. The first-order valence-corrected chi connectivity index (χ1v) is 8.01. The molecule has 5 heteroatoms. The van der Waals surface area contributed by atoms with E-state index in [0.717, 1.165) is 28.3 Å². The van der Waals surface area contributed by atoms with Gasteiger partial charge < -0.3 is 14.6 Å². The molecule has 4 nitrogen and oxygen atoms in total. The highest BCUT2D eigenvalue weighted by Gasteiger charge is 2.16. The molecule has 1 atom stereocenters. The quantitative estimate of drug-likeness (QED) is 0.772. The van der Waals surface area contributed by atoms with Gasteiger partial charge in [0.15, 0.2) is 0 Å². The lowest BCUT2D eigenvalue weighted by molar-refractivity contribution is 0.219. The van der Waals surface area contributed by atoms with E-state index in [0.29, 0.717) is 5.01 Å². The molecule has 0 spiro atoms. The summed E-state index contributed by atoms with van der Waals surface area (Å²) >= 11 is 1.43. The monoisotopic (exact) mass is 327 g/mol. The Morgan fingerprint density at radius 1 is 1.00 bits per heavy atom. The number of rotatable bonds is 5. The Morgan fingerprint density at radius 3 is 2.43 bits per heavy atom. The number of methoxy groups -OCH3 is 2. The van der Waals surface area contributed by atoms with Gasteiger partial charge in [0.1, 0.15) is 22.6 Å². The van der Waals surface area contributed by atoms with E-state index in [-0.39, 0.29) is 0 Å². The van der Waals surface area contributed by atoms with Gasteiger partial charge in [0, 0.05) is 10.9 Å². The third-order valence-corrected chi connectivity index (χ3v) is 4.47. The predicted molar refractivity (Wildman–Crippen MR) is 91.2 cm³/mol. The lowest BCUT2D eigenvalue weighted by Gasteiger charge is -2.09. The molecule has 118 valence electrons. The van der Waals surface area contributed by atoms with E-state index in [4.69, 9.17) is 9.47 Å². The number of hydrogen-bond donors (Lipinski definition) is 1. The zero-order valence-electron chi connectivity index (χ0n) is 12.9. The van der Waals surface area contributed by atoms with Crippen LogP contribution in [-0.2, 0) is 0 Å². The summed E-state index contributed by atoms with van der Waals surface area (Å²) in [6.45, 7) is 0. The number of aliphatic hydroxyl groups is 1. The Balaban J connectivity index is 1.88. The Bertz CT molecular complexity index is 783. The van der Waals surface area contributed by atoms with Crippen molar-refractivity contribution in [3.8, 4) is 22.8 Å². The molecule has 0 aliphatic carbocycles. The highest BCUT2D eigenvalue weighted by atomic mass is 32.1. The fraction of sp³-hybridized carbons (Fsp3) is 0.167. The highest BCUT2D eigenvalue weighted by molar-refractivity contribution is 7.10. The van der Waals surface area contributed by atoms with Gasteiger partial charge in [-0.2, -0.15) is 0 Å². The standard InChI is InChI=1S/C18H17NO3S/c1-21-13-9-7-12(8-10-13)17(20)18-19-15(11-23-18)14-5-3-4-6-16(14)22-2/h3-11,17,20H,1-2H3.